The van der Waals surface area contributed by atoms with Crippen LogP contribution in [0.5, 0.6) is 5.88 Å². The summed E-state index contributed by atoms with van der Waals surface area (Å²) in [7, 11) is 3.39. The molecule has 2 N–H and O–H groups in total. The van der Waals surface area contributed by atoms with Crippen LogP contribution in [0.4, 0.5) is 13.2 Å². The van der Waals surface area contributed by atoms with E-state index in [9.17, 15) is 13.2 Å². The zero-order valence-corrected chi connectivity index (χ0v) is 18.5. The molecule has 160 valence electrons. The summed E-state index contributed by atoms with van der Waals surface area (Å²) in [5, 5.41) is 6.50. The predicted molar refractivity (Wildman–Crippen MR) is 112 cm³/mol. The number of guanidine groups is 1. The summed E-state index contributed by atoms with van der Waals surface area (Å²) in [5.41, 5.74) is 1.01. The second-order valence-corrected chi connectivity index (χ2v) is 6.78. The highest BCUT2D eigenvalue weighted by atomic mass is 127. The Hall–Kier alpha value is -1.30. The molecule has 1 heterocycles. The quantitative estimate of drug-likeness (QED) is 0.299. The molecule has 6 nitrogen and oxygen atoms in total. The van der Waals surface area contributed by atoms with Gasteiger partial charge in [-0.2, -0.15) is 13.2 Å². The van der Waals surface area contributed by atoms with Crippen LogP contribution in [-0.2, 0) is 11.3 Å². The zero-order chi connectivity index (χ0) is 19.8. The Morgan fingerprint density at radius 1 is 1.32 bits per heavy atom. The van der Waals surface area contributed by atoms with Gasteiger partial charge < -0.3 is 20.1 Å². The molecule has 1 aliphatic carbocycles. The van der Waals surface area contributed by atoms with Crippen molar-refractivity contribution in [2.24, 2.45) is 10.4 Å². The van der Waals surface area contributed by atoms with Gasteiger partial charge in [0.2, 0.25) is 5.88 Å². The molecular weight excluding hydrogens is 488 g/mol. The van der Waals surface area contributed by atoms with Gasteiger partial charge in [-0.05, 0) is 36.3 Å². The molecule has 1 saturated carbocycles. The fraction of sp³-hybridized carbons (Fsp3) is 0.667. The van der Waals surface area contributed by atoms with Crippen LogP contribution in [-0.4, -0.2) is 51.0 Å². The van der Waals surface area contributed by atoms with Crippen molar-refractivity contribution in [3.8, 4) is 5.88 Å². The van der Waals surface area contributed by atoms with E-state index in [4.69, 9.17) is 4.74 Å². The molecule has 1 aliphatic rings. The molecule has 0 aromatic carbocycles. The van der Waals surface area contributed by atoms with Crippen molar-refractivity contribution < 1.29 is 22.6 Å². The number of aliphatic imine (C=N–C) groups is 1. The lowest BCUT2D eigenvalue weighted by Gasteiger charge is -2.42. The number of hydrogen-bond donors (Lipinski definition) is 2. The lowest BCUT2D eigenvalue weighted by atomic mass is 9.67. The molecule has 10 heteroatoms. The average Bonchev–Trinajstić information content (AvgIpc) is 2.61. The van der Waals surface area contributed by atoms with Crippen LogP contribution in [0.15, 0.2) is 23.3 Å². The van der Waals surface area contributed by atoms with Crippen molar-refractivity contribution in [3.63, 3.8) is 0 Å². The van der Waals surface area contributed by atoms with Crippen LogP contribution in [0.25, 0.3) is 0 Å². The third kappa shape index (κ3) is 8.38. The first-order chi connectivity index (χ1) is 12.9. The Labute approximate surface area is 180 Å². The molecule has 0 atom stereocenters. The van der Waals surface area contributed by atoms with Crippen LogP contribution in [0.2, 0.25) is 0 Å². The van der Waals surface area contributed by atoms with E-state index in [1.54, 1.807) is 20.2 Å². The van der Waals surface area contributed by atoms with Gasteiger partial charge >= 0.3 is 6.18 Å². The van der Waals surface area contributed by atoms with Gasteiger partial charge in [-0.3, -0.25) is 4.99 Å². The molecule has 2 rings (SSSR count). The number of aromatic nitrogens is 1. The van der Waals surface area contributed by atoms with Crippen LogP contribution in [0.1, 0.15) is 31.2 Å². The van der Waals surface area contributed by atoms with Crippen LogP contribution >= 0.6 is 24.0 Å². The van der Waals surface area contributed by atoms with Gasteiger partial charge in [-0.15, -0.1) is 24.0 Å². The Morgan fingerprint density at radius 3 is 2.64 bits per heavy atom. The number of methoxy groups -OCH3 is 1. The number of pyridine rings is 1. The van der Waals surface area contributed by atoms with E-state index in [1.807, 2.05) is 0 Å². The first kappa shape index (κ1) is 24.7. The normalized spacial score (nSPS) is 16.0. The smallest absolute Gasteiger partial charge is 0.422 e. The minimum absolute atomic E-state index is 0. The summed E-state index contributed by atoms with van der Waals surface area (Å²) < 4.78 is 46.6. The highest BCUT2D eigenvalue weighted by Gasteiger charge is 2.36. The van der Waals surface area contributed by atoms with Gasteiger partial charge in [0.1, 0.15) is 0 Å². The minimum Gasteiger partial charge on any atom is -0.468 e. The first-order valence-electron chi connectivity index (χ1n) is 8.94. The first-order valence-corrected chi connectivity index (χ1v) is 8.94. The maximum absolute atomic E-state index is 12.2. The lowest BCUT2D eigenvalue weighted by Crippen LogP contribution is -2.46. The summed E-state index contributed by atoms with van der Waals surface area (Å²) in [6.45, 7) is 0.594. The second-order valence-electron chi connectivity index (χ2n) is 6.78. The van der Waals surface area contributed by atoms with Crippen LogP contribution in [0, 0.1) is 5.41 Å². The Bertz CT molecular complexity index is 625. The largest absolute Gasteiger partial charge is 0.468 e. The highest BCUT2D eigenvalue weighted by molar-refractivity contribution is 14.0. The molecule has 0 saturated heterocycles. The average molecular weight is 516 g/mol. The van der Waals surface area contributed by atoms with Crippen molar-refractivity contribution in [1.29, 1.82) is 0 Å². The van der Waals surface area contributed by atoms with Gasteiger partial charge in [0, 0.05) is 46.1 Å². The Balaban J connectivity index is 0.00000392. The summed E-state index contributed by atoms with van der Waals surface area (Å²) in [6.07, 6.45) is 1.62. The monoisotopic (exact) mass is 516 g/mol. The van der Waals surface area contributed by atoms with Gasteiger partial charge in [-0.1, -0.05) is 6.42 Å². The lowest BCUT2D eigenvalue weighted by molar-refractivity contribution is -0.154. The number of nitrogens with zero attached hydrogens (tertiary/aromatic N) is 2. The van der Waals surface area contributed by atoms with Gasteiger partial charge in [0.15, 0.2) is 12.6 Å². The molecule has 1 aromatic rings. The Kier molecular flexibility index (Phi) is 10.3. The summed E-state index contributed by atoms with van der Waals surface area (Å²) in [4.78, 5) is 8.00. The number of alkyl halides is 3. The fourth-order valence-electron chi connectivity index (χ4n) is 2.98. The van der Waals surface area contributed by atoms with E-state index in [1.165, 1.54) is 31.5 Å². The molecule has 1 aromatic heterocycles. The minimum atomic E-state index is -4.39. The van der Waals surface area contributed by atoms with E-state index in [0.29, 0.717) is 12.5 Å². The molecule has 0 spiro atoms. The summed E-state index contributed by atoms with van der Waals surface area (Å²) >= 11 is 0. The maximum atomic E-state index is 12.2. The highest BCUT2D eigenvalue weighted by Crippen LogP contribution is 2.43. The van der Waals surface area contributed by atoms with E-state index >= 15 is 0 Å². The van der Waals surface area contributed by atoms with E-state index in [0.717, 1.165) is 25.1 Å². The maximum Gasteiger partial charge on any atom is 0.422 e. The topological polar surface area (TPSA) is 67.8 Å². The molecule has 0 bridgehead atoms. The van der Waals surface area contributed by atoms with E-state index in [-0.39, 0.29) is 35.3 Å². The number of ether oxygens (including phenoxy) is 2. The van der Waals surface area contributed by atoms with Crippen LogP contribution < -0.4 is 15.4 Å². The van der Waals surface area contributed by atoms with Crippen LogP contribution in [0.3, 0.4) is 0 Å². The van der Waals surface area contributed by atoms with Crippen molar-refractivity contribution in [2.45, 2.75) is 38.4 Å². The van der Waals surface area contributed by atoms with Crippen molar-refractivity contribution >= 4 is 29.9 Å². The zero-order valence-electron chi connectivity index (χ0n) is 16.1. The predicted octanol–water partition coefficient (Wildman–Crippen LogP) is 3.51. The number of nitrogens with one attached hydrogen (secondary N) is 2. The number of halogens is 4. The standard InChI is InChI=1S/C18H27F3N4O2.HI/c1-22-16(25-12-17(5-3-6-17)7-9-26-2)24-11-14-4-8-23-15(10-14)27-13-18(19,20)21;/h4,8,10H,3,5-7,9,11-13H2,1-2H3,(H2,22,24,25);1H. The molecule has 28 heavy (non-hydrogen) atoms. The second kappa shape index (κ2) is 11.6. The molecule has 0 radical (unpaired) electrons. The Morgan fingerprint density at radius 2 is 2.07 bits per heavy atom. The molecular formula is C18H28F3IN4O2. The third-order valence-electron chi connectivity index (χ3n) is 4.75. The van der Waals surface area contributed by atoms with Crippen molar-refractivity contribution in [1.82, 2.24) is 15.6 Å². The van der Waals surface area contributed by atoms with Gasteiger partial charge in [-0.25, -0.2) is 4.98 Å². The molecule has 0 unspecified atom stereocenters. The van der Waals surface area contributed by atoms with E-state index < -0.39 is 12.8 Å². The summed E-state index contributed by atoms with van der Waals surface area (Å²) in [6, 6.07) is 3.20. The third-order valence-corrected chi connectivity index (χ3v) is 4.75. The van der Waals surface area contributed by atoms with Gasteiger partial charge in [0.05, 0.1) is 0 Å². The van der Waals surface area contributed by atoms with E-state index in [2.05, 4.69) is 25.3 Å². The summed E-state index contributed by atoms with van der Waals surface area (Å²) in [5.74, 6) is 0.593. The number of rotatable bonds is 9. The molecule has 0 aliphatic heterocycles. The van der Waals surface area contributed by atoms with Crippen molar-refractivity contribution in [3.05, 3.63) is 23.9 Å². The fourth-order valence-corrected chi connectivity index (χ4v) is 2.98. The van der Waals surface area contributed by atoms with Gasteiger partial charge in [0.25, 0.3) is 0 Å². The SMILES string of the molecule is CN=C(NCc1ccnc(OCC(F)(F)F)c1)NCC1(CCOC)CCC1.I. The molecule has 1 fully saturated rings. The van der Waals surface area contributed by atoms with Crippen molar-refractivity contribution in [2.75, 3.05) is 33.9 Å². The number of hydrogen-bond acceptors (Lipinski definition) is 4. The molecule has 0 amide bonds.